The first-order valence-corrected chi connectivity index (χ1v) is 15.4. The van der Waals surface area contributed by atoms with Gasteiger partial charge in [0.15, 0.2) is 9.84 Å². The summed E-state index contributed by atoms with van der Waals surface area (Å²) in [6.07, 6.45) is 6.57. The van der Waals surface area contributed by atoms with E-state index in [-0.39, 0.29) is 0 Å². The lowest BCUT2D eigenvalue weighted by molar-refractivity contribution is 0.584. The van der Waals surface area contributed by atoms with Crippen molar-refractivity contribution in [3.8, 4) is 0 Å². The van der Waals surface area contributed by atoms with Crippen LogP contribution in [0.5, 0.6) is 0 Å². The Morgan fingerprint density at radius 2 is 0.821 bits per heavy atom. The quantitative estimate of drug-likeness (QED) is 0.189. The first kappa shape index (κ1) is 30.0. The van der Waals surface area contributed by atoms with E-state index < -0.39 is 20.3 Å². The Kier molecular flexibility index (Phi) is 10.1. The van der Waals surface area contributed by atoms with Gasteiger partial charge in [0.1, 0.15) is 10.5 Å². The fourth-order valence-corrected chi connectivity index (χ4v) is 7.12. The highest BCUT2D eigenvalue weighted by Crippen LogP contribution is 2.38. The summed E-state index contributed by atoms with van der Waals surface area (Å²) in [5.41, 5.74) is 2.33. The van der Waals surface area contributed by atoms with Gasteiger partial charge in [0.05, 0.1) is 0 Å². The molecule has 0 aliphatic rings. The van der Waals surface area contributed by atoms with Gasteiger partial charge in [-0.25, -0.2) is 8.42 Å². The molecular formula is C30H20Cl6O2S. The van der Waals surface area contributed by atoms with E-state index in [1.165, 1.54) is 0 Å². The highest BCUT2D eigenvalue weighted by molar-refractivity contribution is 7.92. The van der Waals surface area contributed by atoms with E-state index >= 15 is 0 Å². The van der Waals surface area contributed by atoms with Crippen molar-refractivity contribution in [2.75, 3.05) is 0 Å². The summed E-state index contributed by atoms with van der Waals surface area (Å²) in [5.74, 6) is 0. The highest BCUT2D eigenvalue weighted by Gasteiger charge is 2.33. The van der Waals surface area contributed by atoms with Crippen LogP contribution >= 0.6 is 69.6 Å². The van der Waals surface area contributed by atoms with Gasteiger partial charge in [-0.1, -0.05) is 130 Å². The molecule has 39 heavy (non-hydrogen) atoms. The smallest absolute Gasteiger partial charge is 0.171 e. The predicted octanol–water partition coefficient (Wildman–Crippen LogP) is 11.2. The Hall–Kier alpha value is -1.95. The van der Waals surface area contributed by atoms with Gasteiger partial charge in [-0.05, 0) is 70.8 Å². The Labute approximate surface area is 258 Å². The number of halogens is 6. The molecule has 0 saturated carbocycles. The summed E-state index contributed by atoms with van der Waals surface area (Å²) >= 11 is 37.0. The Bertz CT molecular complexity index is 1510. The van der Waals surface area contributed by atoms with Crippen molar-refractivity contribution in [3.05, 3.63) is 149 Å². The summed E-state index contributed by atoms with van der Waals surface area (Å²) in [5, 5.41) is 0.646. The average Bonchev–Trinajstić information content (AvgIpc) is 2.88. The molecule has 0 radical (unpaired) electrons. The van der Waals surface area contributed by atoms with Gasteiger partial charge in [0.2, 0.25) is 0 Å². The number of benzene rings is 4. The monoisotopic (exact) mass is 654 g/mol. The number of sulfone groups is 1. The minimum atomic E-state index is -3.98. The lowest BCUT2D eigenvalue weighted by Crippen LogP contribution is -2.19. The van der Waals surface area contributed by atoms with Crippen molar-refractivity contribution in [2.45, 2.75) is 10.5 Å². The summed E-state index contributed by atoms with van der Waals surface area (Å²) in [6, 6.07) is 23.4. The van der Waals surface area contributed by atoms with Crippen LogP contribution in [0.1, 0.15) is 32.8 Å². The van der Waals surface area contributed by atoms with Crippen LogP contribution in [-0.4, -0.2) is 8.42 Å². The van der Waals surface area contributed by atoms with Gasteiger partial charge in [0, 0.05) is 30.1 Å². The summed E-state index contributed by atoms with van der Waals surface area (Å²) < 4.78 is 28.9. The van der Waals surface area contributed by atoms with Crippen LogP contribution in [0.3, 0.4) is 0 Å². The number of hydrogen-bond donors (Lipinski definition) is 0. The molecule has 200 valence electrons. The van der Waals surface area contributed by atoms with Gasteiger partial charge in [-0.15, -0.1) is 0 Å². The number of rotatable bonds is 8. The largest absolute Gasteiger partial charge is 0.227 e. The second kappa shape index (κ2) is 13.1. The lowest BCUT2D eigenvalue weighted by Gasteiger charge is -2.22. The van der Waals surface area contributed by atoms with Crippen molar-refractivity contribution in [2.24, 2.45) is 0 Å². The molecule has 0 N–H and O–H groups in total. The fourth-order valence-electron chi connectivity index (χ4n) is 3.94. The average molecular weight is 657 g/mol. The zero-order valence-electron chi connectivity index (χ0n) is 20.0. The van der Waals surface area contributed by atoms with E-state index in [4.69, 9.17) is 69.6 Å². The molecule has 2 nitrogen and oxygen atoms in total. The van der Waals surface area contributed by atoms with Crippen LogP contribution in [0, 0.1) is 0 Å². The molecule has 2 atom stereocenters. The Morgan fingerprint density at radius 1 is 0.487 bits per heavy atom. The lowest BCUT2D eigenvalue weighted by atomic mass is 10.1. The topological polar surface area (TPSA) is 34.1 Å². The first-order chi connectivity index (χ1) is 18.5. The van der Waals surface area contributed by atoms with E-state index in [9.17, 15) is 8.42 Å². The molecule has 0 fully saturated rings. The Balaban J connectivity index is 1.85. The third-order valence-electron chi connectivity index (χ3n) is 5.93. The third-order valence-corrected chi connectivity index (χ3v) is 9.83. The van der Waals surface area contributed by atoms with Gasteiger partial charge in [-0.3, -0.25) is 0 Å². The van der Waals surface area contributed by atoms with Crippen LogP contribution in [0.15, 0.2) is 97.1 Å². The van der Waals surface area contributed by atoms with Crippen molar-refractivity contribution in [3.63, 3.8) is 0 Å². The van der Waals surface area contributed by atoms with Crippen molar-refractivity contribution >= 4 is 91.6 Å². The molecule has 4 aromatic carbocycles. The minimum absolute atomic E-state index is 0.400. The highest BCUT2D eigenvalue weighted by atomic mass is 35.5. The standard InChI is InChI=1S/C30H20Cl6O2S/c31-23-9-3-21(4-10-23)29(15-7-19-1-13-25(33)17-27(19)35)39(37,38)30(22-5-11-24(32)12-6-22)16-8-20-2-14-26(34)18-28(20)36/h1-18,29-30H/b15-7+,16-8+. The molecule has 0 heterocycles. The fraction of sp³-hybridized carbons (Fsp3) is 0.0667. The van der Waals surface area contributed by atoms with Crippen molar-refractivity contribution in [1.82, 2.24) is 0 Å². The summed E-state index contributed by atoms with van der Waals surface area (Å²) in [4.78, 5) is 0. The van der Waals surface area contributed by atoms with E-state index in [1.807, 2.05) is 0 Å². The van der Waals surface area contributed by atoms with Crippen LogP contribution < -0.4 is 0 Å². The Morgan fingerprint density at radius 3 is 1.15 bits per heavy atom. The molecule has 0 saturated heterocycles. The zero-order valence-corrected chi connectivity index (χ0v) is 25.4. The molecule has 9 heteroatoms. The maximum Gasteiger partial charge on any atom is 0.171 e. The second-order valence-corrected chi connectivity index (χ2v) is 13.3. The normalized spacial score (nSPS) is 13.7. The molecule has 2 unspecified atom stereocenters. The van der Waals surface area contributed by atoms with Crippen LogP contribution in [-0.2, 0) is 9.84 Å². The van der Waals surface area contributed by atoms with Gasteiger partial charge < -0.3 is 0 Å². The maximum atomic E-state index is 14.4. The summed E-state index contributed by atoms with van der Waals surface area (Å²) in [6.45, 7) is 0. The van der Waals surface area contributed by atoms with Crippen LogP contribution in [0.25, 0.3) is 12.2 Å². The minimum Gasteiger partial charge on any atom is -0.227 e. The van der Waals surface area contributed by atoms with Gasteiger partial charge in [-0.2, -0.15) is 0 Å². The molecule has 4 rings (SSSR count). The van der Waals surface area contributed by atoms with E-state index in [2.05, 4.69) is 0 Å². The van der Waals surface area contributed by atoms with Crippen LogP contribution in [0.4, 0.5) is 0 Å². The van der Waals surface area contributed by atoms with Crippen molar-refractivity contribution < 1.29 is 8.42 Å². The molecule has 0 aromatic heterocycles. The second-order valence-electron chi connectivity index (χ2n) is 8.58. The maximum absolute atomic E-state index is 14.4. The number of hydrogen-bond acceptors (Lipinski definition) is 2. The SMILES string of the molecule is O=S(=O)(C(/C=C/c1ccc(Cl)cc1Cl)c1ccc(Cl)cc1)C(/C=C/c1ccc(Cl)cc1Cl)c1ccc(Cl)cc1. The molecule has 0 aliphatic carbocycles. The molecule has 0 spiro atoms. The molecule has 0 amide bonds. The van der Waals surface area contributed by atoms with E-state index in [0.717, 1.165) is 0 Å². The van der Waals surface area contributed by atoms with Crippen molar-refractivity contribution in [1.29, 1.82) is 0 Å². The zero-order chi connectivity index (χ0) is 28.2. The summed E-state index contributed by atoms with van der Waals surface area (Å²) in [7, 11) is -3.98. The molecular weight excluding hydrogens is 637 g/mol. The van der Waals surface area contributed by atoms with E-state index in [0.29, 0.717) is 52.4 Å². The molecule has 0 bridgehead atoms. The van der Waals surface area contributed by atoms with E-state index in [1.54, 1.807) is 109 Å². The first-order valence-electron chi connectivity index (χ1n) is 11.5. The van der Waals surface area contributed by atoms with Gasteiger partial charge in [0.25, 0.3) is 0 Å². The third kappa shape index (κ3) is 7.62. The van der Waals surface area contributed by atoms with Gasteiger partial charge >= 0.3 is 0 Å². The molecule has 0 aliphatic heterocycles. The van der Waals surface area contributed by atoms with Crippen LogP contribution in [0.2, 0.25) is 30.1 Å². The predicted molar refractivity (Wildman–Crippen MR) is 168 cm³/mol. The molecule has 4 aromatic rings.